The number of ether oxygens (including phenoxy) is 3. The van der Waals surface area contributed by atoms with Crippen LogP contribution in [0.25, 0.3) is 16.6 Å². The van der Waals surface area contributed by atoms with Gasteiger partial charge in [-0.1, -0.05) is 11.8 Å². The third-order valence-corrected chi connectivity index (χ3v) is 4.88. The fourth-order valence-electron chi connectivity index (χ4n) is 2.96. The van der Waals surface area contributed by atoms with Crippen molar-refractivity contribution >= 4 is 34.3 Å². The second-order valence-electron chi connectivity index (χ2n) is 6.35. The molecule has 0 aliphatic carbocycles. The van der Waals surface area contributed by atoms with Crippen LogP contribution in [0.15, 0.2) is 23.4 Å². The van der Waals surface area contributed by atoms with Crippen LogP contribution in [0.2, 0.25) is 0 Å². The molecule has 8 heteroatoms. The van der Waals surface area contributed by atoms with Gasteiger partial charge in [-0.3, -0.25) is 9.20 Å². The third-order valence-electron chi connectivity index (χ3n) is 3.98. The number of hydrogen-bond donors (Lipinski definition) is 0. The van der Waals surface area contributed by atoms with E-state index in [-0.39, 0.29) is 17.8 Å². The lowest BCUT2D eigenvalue weighted by Crippen LogP contribution is -2.15. The molecule has 0 radical (unpaired) electrons. The molecular formula is C18H19N3O4S. The number of benzene rings is 1. The number of hydrogen-bond acceptors (Lipinski definition) is 7. The first-order valence-corrected chi connectivity index (χ1v) is 9.42. The van der Waals surface area contributed by atoms with Gasteiger partial charge in [-0.05, 0) is 38.5 Å². The quantitative estimate of drug-likeness (QED) is 0.514. The maximum Gasteiger partial charge on any atom is 0.316 e. The van der Waals surface area contributed by atoms with Crippen LogP contribution in [0.3, 0.4) is 0 Å². The van der Waals surface area contributed by atoms with E-state index in [9.17, 15) is 4.79 Å². The average molecular weight is 373 g/mol. The number of nitrogens with zero attached hydrogens (tertiary/aromatic N) is 3. The Kier molecular flexibility index (Phi) is 4.36. The van der Waals surface area contributed by atoms with Crippen LogP contribution in [0.1, 0.15) is 19.4 Å². The largest absolute Gasteiger partial charge is 0.486 e. The molecule has 0 unspecified atom stereocenters. The second-order valence-corrected chi connectivity index (χ2v) is 7.29. The van der Waals surface area contributed by atoms with Gasteiger partial charge in [-0.15, -0.1) is 10.2 Å². The zero-order chi connectivity index (χ0) is 18.3. The van der Waals surface area contributed by atoms with Crippen molar-refractivity contribution in [3.63, 3.8) is 0 Å². The maximum atomic E-state index is 11.9. The molecule has 3 heterocycles. The van der Waals surface area contributed by atoms with Crippen LogP contribution in [0, 0.1) is 6.92 Å². The zero-order valence-corrected chi connectivity index (χ0v) is 15.6. The van der Waals surface area contributed by atoms with Gasteiger partial charge < -0.3 is 14.2 Å². The van der Waals surface area contributed by atoms with Crippen LogP contribution in [0.4, 0.5) is 0 Å². The average Bonchev–Trinajstić information content (AvgIpc) is 3.03. The maximum absolute atomic E-state index is 11.9. The van der Waals surface area contributed by atoms with Gasteiger partial charge in [0.1, 0.15) is 13.2 Å². The van der Waals surface area contributed by atoms with E-state index in [0.29, 0.717) is 24.1 Å². The summed E-state index contributed by atoms with van der Waals surface area (Å²) in [5, 5.41) is 10.2. The van der Waals surface area contributed by atoms with Crippen LogP contribution in [-0.4, -0.2) is 45.6 Å². The molecule has 1 aromatic carbocycles. The number of carbonyl (C=O) groups excluding carboxylic acids is 1. The van der Waals surface area contributed by atoms with Gasteiger partial charge >= 0.3 is 5.97 Å². The molecule has 0 spiro atoms. The van der Waals surface area contributed by atoms with Gasteiger partial charge in [-0.2, -0.15) is 0 Å². The predicted molar refractivity (Wildman–Crippen MR) is 98.2 cm³/mol. The van der Waals surface area contributed by atoms with Crippen molar-refractivity contribution in [2.24, 2.45) is 0 Å². The molecule has 3 aromatic rings. The summed E-state index contributed by atoms with van der Waals surface area (Å²) >= 11 is 1.31. The Bertz CT molecular complexity index is 999. The smallest absolute Gasteiger partial charge is 0.316 e. The van der Waals surface area contributed by atoms with Gasteiger partial charge in [0.15, 0.2) is 22.3 Å². The monoisotopic (exact) mass is 373 g/mol. The Morgan fingerprint density at radius 1 is 1.23 bits per heavy atom. The normalized spacial score (nSPS) is 13.5. The van der Waals surface area contributed by atoms with Crippen molar-refractivity contribution in [1.82, 2.24) is 14.6 Å². The van der Waals surface area contributed by atoms with Crippen molar-refractivity contribution in [3.8, 4) is 11.5 Å². The fraction of sp³-hybridized carbons (Fsp3) is 0.389. The number of aromatic nitrogens is 3. The van der Waals surface area contributed by atoms with Gasteiger partial charge in [0.05, 0.1) is 17.4 Å². The predicted octanol–water partition coefficient (Wildman–Crippen LogP) is 3.01. The van der Waals surface area contributed by atoms with Gasteiger partial charge in [0, 0.05) is 11.5 Å². The van der Waals surface area contributed by atoms with E-state index in [0.717, 1.165) is 27.9 Å². The molecule has 26 heavy (non-hydrogen) atoms. The Morgan fingerprint density at radius 3 is 2.69 bits per heavy atom. The molecular weight excluding hydrogens is 354 g/mol. The summed E-state index contributed by atoms with van der Waals surface area (Å²) in [7, 11) is 0. The second kappa shape index (κ2) is 6.68. The van der Waals surface area contributed by atoms with Crippen molar-refractivity contribution in [3.05, 3.63) is 23.8 Å². The standard InChI is InChI=1S/C18H19N3O4S/c1-10(2)25-16(22)9-26-18-20-19-17-11(3)6-12-7-14-15(24-5-4-23-14)8-13(12)21(17)18/h6-8,10H,4-5,9H2,1-3H3. The first kappa shape index (κ1) is 17.0. The highest BCUT2D eigenvalue weighted by Gasteiger charge is 2.18. The number of esters is 1. The summed E-state index contributed by atoms with van der Waals surface area (Å²) in [6.45, 7) is 6.72. The van der Waals surface area contributed by atoms with E-state index in [2.05, 4.69) is 16.3 Å². The van der Waals surface area contributed by atoms with Crippen molar-refractivity contribution in [2.45, 2.75) is 32.0 Å². The molecule has 0 fully saturated rings. The Labute approximate surface area is 154 Å². The van der Waals surface area contributed by atoms with E-state index in [1.807, 2.05) is 37.3 Å². The van der Waals surface area contributed by atoms with E-state index in [1.165, 1.54) is 11.8 Å². The topological polar surface area (TPSA) is 75.0 Å². The summed E-state index contributed by atoms with van der Waals surface area (Å²) in [6.07, 6.45) is -0.134. The highest BCUT2D eigenvalue weighted by atomic mass is 32.2. The summed E-state index contributed by atoms with van der Waals surface area (Å²) in [5.74, 6) is 1.36. The minimum absolute atomic E-state index is 0.134. The number of thioether (sulfide) groups is 1. The van der Waals surface area contributed by atoms with Gasteiger partial charge in [-0.25, -0.2) is 0 Å². The minimum Gasteiger partial charge on any atom is -0.486 e. The summed E-state index contributed by atoms with van der Waals surface area (Å²) in [6, 6.07) is 5.97. The Hall–Kier alpha value is -2.48. The lowest BCUT2D eigenvalue weighted by atomic mass is 10.1. The molecule has 0 saturated carbocycles. The molecule has 1 aliphatic rings. The molecule has 0 saturated heterocycles. The fourth-order valence-corrected chi connectivity index (χ4v) is 3.68. The lowest BCUT2D eigenvalue weighted by molar-refractivity contribution is -0.144. The lowest BCUT2D eigenvalue weighted by Gasteiger charge is -2.19. The van der Waals surface area contributed by atoms with Crippen molar-refractivity contribution < 1.29 is 19.0 Å². The molecule has 4 rings (SSSR count). The summed E-state index contributed by atoms with van der Waals surface area (Å²) in [4.78, 5) is 11.9. The SMILES string of the molecule is Cc1cc2cc3c(cc2n2c(SCC(=O)OC(C)C)nnc12)OCCO3. The Morgan fingerprint density at radius 2 is 1.96 bits per heavy atom. The van der Waals surface area contributed by atoms with Gasteiger partial charge in [0.25, 0.3) is 0 Å². The molecule has 136 valence electrons. The number of aryl methyl sites for hydroxylation is 1. The van der Waals surface area contributed by atoms with Crippen molar-refractivity contribution in [1.29, 1.82) is 0 Å². The van der Waals surface area contributed by atoms with E-state index in [4.69, 9.17) is 14.2 Å². The van der Waals surface area contributed by atoms with Gasteiger partial charge in [0.2, 0.25) is 0 Å². The third kappa shape index (κ3) is 3.05. The van der Waals surface area contributed by atoms with Crippen LogP contribution >= 0.6 is 11.8 Å². The molecule has 0 bridgehead atoms. The number of fused-ring (bicyclic) bond motifs is 4. The molecule has 1 aliphatic heterocycles. The number of pyridine rings is 1. The Balaban J connectivity index is 1.78. The summed E-state index contributed by atoms with van der Waals surface area (Å²) < 4.78 is 18.5. The van der Waals surface area contributed by atoms with Crippen LogP contribution in [-0.2, 0) is 9.53 Å². The number of carbonyl (C=O) groups is 1. The van der Waals surface area contributed by atoms with Crippen LogP contribution in [0.5, 0.6) is 11.5 Å². The highest BCUT2D eigenvalue weighted by molar-refractivity contribution is 7.99. The number of rotatable bonds is 4. The van der Waals surface area contributed by atoms with E-state index in [1.54, 1.807) is 0 Å². The summed E-state index contributed by atoms with van der Waals surface area (Å²) in [5.41, 5.74) is 2.67. The molecule has 7 nitrogen and oxygen atoms in total. The first-order chi connectivity index (χ1) is 12.5. The van der Waals surface area contributed by atoms with E-state index < -0.39 is 0 Å². The first-order valence-electron chi connectivity index (χ1n) is 8.43. The molecule has 0 atom stereocenters. The van der Waals surface area contributed by atoms with Crippen molar-refractivity contribution in [2.75, 3.05) is 19.0 Å². The molecule has 0 N–H and O–H groups in total. The highest BCUT2D eigenvalue weighted by Crippen LogP contribution is 2.36. The zero-order valence-electron chi connectivity index (χ0n) is 14.8. The molecule has 0 amide bonds. The minimum atomic E-state index is -0.271. The van der Waals surface area contributed by atoms with E-state index >= 15 is 0 Å². The van der Waals surface area contributed by atoms with Crippen LogP contribution < -0.4 is 9.47 Å². The molecule has 2 aromatic heterocycles.